The Morgan fingerprint density at radius 3 is 2.24 bits per heavy atom. The summed E-state index contributed by atoms with van der Waals surface area (Å²) in [5.74, 6) is -0.793. The van der Waals surface area contributed by atoms with Crippen LogP contribution in [0.5, 0.6) is 0 Å². The minimum Gasteiger partial charge on any atom is -0.352 e. The van der Waals surface area contributed by atoms with Gasteiger partial charge >= 0.3 is 0 Å². The Morgan fingerprint density at radius 1 is 0.941 bits per heavy atom. The van der Waals surface area contributed by atoms with Crippen molar-refractivity contribution < 1.29 is 14.0 Å². The molecular weight excluding hydrogens is 451 g/mol. The van der Waals surface area contributed by atoms with Gasteiger partial charge < -0.3 is 10.2 Å². The molecule has 6 heteroatoms. The number of halogens is 2. The second-order valence-electron chi connectivity index (χ2n) is 8.44. The van der Waals surface area contributed by atoms with Crippen LogP contribution < -0.4 is 5.32 Å². The summed E-state index contributed by atoms with van der Waals surface area (Å²) in [4.78, 5) is 28.7. The van der Waals surface area contributed by atoms with Crippen LogP contribution in [0.4, 0.5) is 4.39 Å². The highest BCUT2D eigenvalue weighted by Crippen LogP contribution is 2.20. The van der Waals surface area contributed by atoms with Crippen LogP contribution in [0.1, 0.15) is 37.0 Å². The molecule has 4 nitrogen and oxygen atoms in total. The predicted octanol–water partition coefficient (Wildman–Crippen LogP) is 5.58. The van der Waals surface area contributed by atoms with Crippen molar-refractivity contribution in [3.8, 4) is 0 Å². The first-order valence-corrected chi connectivity index (χ1v) is 11.9. The number of nitrogens with one attached hydrogen (secondary N) is 1. The third kappa shape index (κ3) is 7.16. The molecule has 0 aliphatic rings. The zero-order valence-electron chi connectivity index (χ0n) is 19.5. The van der Waals surface area contributed by atoms with Crippen LogP contribution >= 0.6 is 11.6 Å². The van der Waals surface area contributed by atoms with Crippen molar-refractivity contribution in [2.75, 3.05) is 0 Å². The Morgan fingerprint density at radius 2 is 1.59 bits per heavy atom. The minimum atomic E-state index is -0.739. The molecular formula is C28H30ClFN2O2. The van der Waals surface area contributed by atoms with Crippen molar-refractivity contribution in [2.24, 2.45) is 0 Å². The number of carbonyl (C=O) groups excluding carboxylic acids is 2. The van der Waals surface area contributed by atoms with Crippen molar-refractivity contribution in [3.63, 3.8) is 0 Å². The zero-order valence-corrected chi connectivity index (χ0v) is 20.3. The van der Waals surface area contributed by atoms with Crippen molar-refractivity contribution in [3.05, 3.63) is 106 Å². The normalized spacial score (nSPS) is 12.6. The molecule has 0 aromatic heterocycles. The first-order valence-electron chi connectivity index (χ1n) is 11.5. The van der Waals surface area contributed by atoms with E-state index in [0.29, 0.717) is 17.0 Å². The first kappa shape index (κ1) is 25.4. The monoisotopic (exact) mass is 480 g/mol. The fourth-order valence-electron chi connectivity index (χ4n) is 3.69. The van der Waals surface area contributed by atoms with Crippen LogP contribution in [0.25, 0.3) is 0 Å². The molecule has 0 aliphatic heterocycles. The third-order valence-electron chi connectivity index (χ3n) is 5.84. The molecule has 178 valence electrons. The first-order chi connectivity index (χ1) is 16.4. The van der Waals surface area contributed by atoms with Crippen LogP contribution in [0.2, 0.25) is 5.02 Å². The molecule has 3 aromatic rings. The molecule has 0 aliphatic carbocycles. The van der Waals surface area contributed by atoms with E-state index >= 15 is 0 Å². The lowest BCUT2D eigenvalue weighted by Crippen LogP contribution is -2.52. The van der Waals surface area contributed by atoms with E-state index in [-0.39, 0.29) is 36.6 Å². The molecule has 1 N–H and O–H groups in total. The Labute approximate surface area is 205 Å². The smallest absolute Gasteiger partial charge is 0.243 e. The van der Waals surface area contributed by atoms with E-state index in [0.717, 1.165) is 17.5 Å². The lowest BCUT2D eigenvalue weighted by Gasteiger charge is -2.32. The summed E-state index contributed by atoms with van der Waals surface area (Å²) in [7, 11) is 0. The van der Waals surface area contributed by atoms with Crippen LogP contribution in [-0.2, 0) is 29.0 Å². The van der Waals surface area contributed by atoms with E-state index in [1.165, 1.54) is 12.1 Å². The highest BCUT2D eigenvalue weighted by atomic mass is 35.5. The number of hydrogen-bond donors (Lipinski definition) is 1. The average Bonchev–Trinajstić information content (AvgIpc) is 2.84. The molecule has 2 amide bonds. The highest BCUT2D eigenvalue weighted by Gasteiger charge is 2.31. The quantitative estimate of drug-likeness (QED) is 0.412. The van der Waals surface area contributed by atoms with Crippen molar-refractivity contribution in [1.82, 2.24) is 10.2 Å². The van der Waals surface area contributed by atoms with Gasteiger partial charge in [0.05, 0.1) is 6.42 Å². The molecule has 3 rings (SSSR count). The average molecular weight is 481 g/mol. The topological polar surface area (TPSA) is 49.4 Å². The summed E-state index contributed by atoms with van der Waals surface area (Å²) >= 11 is 6.32. The maximum absolute atomic E-state index is 13.6. The predicted molar refractivity (Wildman–Crippen MR) is 134 cm³/mol. The molecule has 0 fully saturated rings. The molecule has 3 aromatic carbocycles. The Kier molecular flexibility index (Phi) is 9.23. The number of hydrogen-bond acceptors (Lipinski definition) is 2. The molecule has 0 bridgehead atoms. The van der Waals surface area contributed by atoms with Crippen molar-refractivity contribution in [2.45, 2.75) is 51.7 Å². The second-order valence-corrected chi connectivity index (χ2v) is 8.85. The van der Waals surface area contributed by atoms with Crippen molar-refractivity contribution in [1.29, 1.82) is 0 Å². The molecule has 0 unspecified atom stereocenters. The summed E-state index contributed by atoms with van der Waals surface area (Å²) < 4.78 is 13.5. The largest absolute Gasteiger partial charge is 0.352 e. The summed E-state index contributed by atoms with van der Waals surface area (Å²) in [6.07, 6.45) is 1.19. The van der Waals surface area contributed by atoms with Gasteiger partial charge in [0.15, 0.2) is 0 Å². The van der Waals surface area contributed by atoms with E-state index < -0.39 is 6.04 Å². The number of nitrogens with zero attached hydrogens (tertiary/aromatic N) is 1. The molecule has 2 atom stereocenters. The Hall–Kier alpha value is -3.18. The maximum atomic E-state index is 13.6. The maximum Gasteiger partial charge on any atom is 0.243 e. The van der Waals surface area contributed by atoms with Crippen LogP contribution in [0.3, 0.4) is 0 Å². The van der Waals surface area contributed by atoms with Gasteiger partial charge in [-0.25, -0.2) is 4.39 Å². The third-order valence-corrected chi connectivity index (χ3v) is 6.21. The minimum absolute atomic E-state index is 0.0304. The summed E-state index contributed by atoms with van der Waals surface area (Å²) in [6.45, 7) is 4.11. The zero-order chi connectivity index (χ0) is 24.5. The summed E-state index contributed by atoms with van der Waals surface area (Å²) in [5.41, 5.74) is 2.38. The van der Waals surface area contributed by atoms with Gasteiger partial charge in [0.1, 0.15) is 11.9 Å². The second kappa shape index (κ2) is 12.3. The van der Waals surface area contributed by atoms with Gasteiger partial charge in [0, 0.05) is 24.0 Å². The van der Waals surface area contributed by atoms with Gasteiger partial charge in [-0.2, -0.15) is 0 Å². The van der Waals surface area contributed by atoms with Gasteiger partial charge in [0.2, 0.25) is 11.8 Å². The fraction of sp³-hybridized carbons (Fsp3) is 0.286. The van der Waals surface area contributed by atoms with E-state index in [1.54, 1.807) is 23.1 Å². The Balaban J connectivity index is 1.97. The molecule has 0 radical (unpaired) electrons. The SMILES string of the molecule is CC[C@@H](C)NC(=O)[C@@H](Cc1ccccc1)N(Cc1ccc(F)cc1)C(=O)Cc1ccccc1Cl. The molecule has 34 heavy (non-hydrogen) atoms. The van der Waals surface area contributed by atoms with E-state index in [1.807, 2.05) is 62.4 Å². The van der Waals surface area contributed by atoms with Crippen LogP contribution in [-0.4, -0.2) is 28.8 Å². The Bertz CT molecular complexity index is 1090. The summed E-state index contributed by atoms with van der Waals surface area (Å²) in [6, 6.07) is 22.0. The lowest BCUT2D eigenvalue weighted by atomic mass is 10.0. The van der Waals surface area contributed by atoms with Crippen LogP contribution in [0, 0.1) is 5.82 Å². The molecule has 0 saturated heterocycles. The van der Waals surface area contributed by atoms with E-state index in [2.05, 4.69) is 5.32 Å². The number of rotatable bonds is 10. The van der Waals surface area contributed by atoms with E-state index in [9.17, 15) is 14.0 Å². The fourth-order valence-corrected chi connectivity index (χ4v) is 3.89. The van der Waals surface area contributed by atoms with Gasteiger partial charge in [0.25, 0.3) is 0 Å². The van der Waals surface area contributed by atoms with Crippen LogP contribution in [0.15, 0.2) is 78.9 Å². The van der Waals surface area contributed by atoms with Crippen molar-refractivity contribution >= 4 is 23.4 Å². The molecule has 0 spiro atoms. The number of amides is 2. The number of carbonyl (C=O) groups is 2. The lowest BCUT2D eigenvalue weighted by molar-refractivity contribution is -0.141. The molecule has 0 heterocycles. The molecule has 0 saturated carbocycles. The van der Waals surface area contributed by atoms with Gasteiger partial charge in [-0.05, 0) is 48.2 Å². The van der Waals surface area contributed by atoms with Gasteiger partial charge in [-0.15, -0.1) is 0 Å². The van der Waals surface area contributed by atoms with Gasteiger partial charge in [-0.3, -0.25) is 9.59 Å². The summed E-state index contributed by atoms with van der Waals surface area (Å²) in [5, 5.41) is 3.54. The van der Waals surface area contributed by atoms with E-state index in [4.69, 9.17) is 11.6 Å². The van der Waals surface area contributed by atoms with Gasteiger partial charge in [-0.1, -0.05) is 79.2 Å². The standard InChI is InChI=1S/C28H30ClFN2O2/c1-3-20(2)31-28(34)26(17-21-9-5-4-6-10-21)32(19-22-13-15-24(30)16-14-22)27(33)18-23-11-7-8-12-25(23)29/h4-16,20,26H,3,17-19H2,1-2H3,(H,31,34)/t20-,26-/m1/s1. The highest BCUT2D eigenvalue weighted by molar-refractivity contribution is 6.31. The number of benzene rings is 3.